The fourth-order valence-corrected chi connectivity index (χ4v) is 1.63. The average Bonchev–Trinajstić information content (AvgIpc) is 2.90. The van der Waals surface area contributed by atoms with Gasteiger partial charge in [-0.05, 0) is 12.1 Å². The molecule has 96 valence electrons. The molecule has 6 nitrogen and oxygen atoms in total. The van der Waals surface area contributed by atoms with E-state index in [2.05, 4.69) is 5.10 Å². The van der Waals surface area contributed by atoms with Gasteiger partial charge in [0.05, 0.1) is 24.6 Å². The molecule has 0 fully saturated rings. The van der Waals surface area contributed by atoms with Gasteiger partial charge in [0.1, 0.15) is 6.07 Å². The molecule has 1 aromatic carbocycles. The van der Waals surface area contributed by atoms with Crippen molar-refractivity contribution in [1.82, 2.24) is 14.8 Å². The summed E-state index contributed by atoms with van der Waals surface area (Å²) in [5.41, 5.74) is 1.11. The second-order valence-corrected chi connectivity index (χ2v) is 3.75. The number of aromatic nitrogens is 2. The van der Waals surface area contributed by atoms with Crippen LogP contribution in [-0.2, 0) is 4.84 Å². The van der Waals surface area contributed by atoms with Crippen molar-refractivity contribution in [2.24, 2.45) is 0 Å². The third kappa shape index (κ3) is 2.32. The molecule has 0 spiro atoms. The molecule has 2 rings (SSSR count). The smallest absolute Gasteiger partial charge is 0.274 e. The molecular weight excluding hydrogens is 244 g/mol. The summed E-state index contributed by atoms with van der Waals surface area (Å²) < 4.78 is 1.43. The van der Waals surface area contributed by atoms with Crippen LogP contribution in [0.5, 0.6) is 0 Å². The summed E-state index contributed by atoms with van der Waals surface area (Å²) in [6.07, 6.45) is 1.36. The zero-order valence-corrected chi connectivity index (χ0v) is 10.6. The van der Waals surface area contributed by atoms with E-state index in [0.717, 1.165) is 10.8 Å². The Balaban J connectivity index is 2.48. The van der Waals surface area contributed by atoms with Crippen molar-refractivity contribution in [1.29, 1.82) is 5.26 Å². The first-order chi connectivity index (χ1) is 9.19. The van der Waals surface area contributed by atoms with Gasteiger partial charge in [-0.25, -0.2) is 9.75 Å². The lowest BCUT2D eigenvalue weighted by Crippen LogP contribution is -2.25. The molecule has 0 unspecified atom stereocenters. The monoisotopic (exact) mass is 256 g/mol. The molecule has 0 aliphatic carbocycles. The van der Waals surface area contributed by atoms with Crippen LogP contribution in [0.2, 0.25) is 0 Å². The zero-order chi connectivity index (χ0) is 13.8. The number of hydroxylamine groups is 2. The average molecular weight is 256 g/mol. The van der Waals surface area contributed by atoms with E-state index >= 15 is 0 Å². The fraction of sp³-hybridized carbons (Fsp3) is 0.154. The minimum Gasteiger partial charge on any atom is -0.274 e. The maximum absolute atomic E-state index is 12.0. The van der Waals surface area contributed by atoms with Crippen molar-refractivity contribution in [3.05, 3.63) is 47.8 Å². The summed E-state index contributed by atoms with van der Waals surface area (Å²) in [5, 5.41) is 14.4. The van der Waals surface area contributed by atoms with E-state index in [0.29, 0.717) is 0 Å². The van der Waals surface area contributed by atoms with E-state index in [1.807, 2.05) is 36.4 Å². The summed E-state index contributed by atoms with van der Waals surface area (Å²) >= 11 is 0. The summed E-state index contributed by atoms with van der Waals surface area (Å²) in [4.78, 5) is 16.8. The maximum atomic E-state index is 12.0. The van der Waals surface area contributed by atoms with Crippen LogP contribution in [0.3, 0.4) is 0 Å². The summed E-state index contributed by atoms with van der Waals surface area (Å²) in [5.74, 6) is -0.416. The number of benzene rings is 1. The summed E-state index contributed by atoms with van der Waals surface area (Å²) in [7, 11) is 2.86. The molecular formula is C13H12N4O2. The third-order valence-corrected chi connectivity index (χ3v) is 2.67. The van der Waals surface area contributed by atoms with Crippen LogP contribution in [-0.4, -0.2) is 34.9 Å². The van der Waals surface area contributed by atoms with Gasteiger partial charge in [0.25, 0.3) is 5.91 Å². The normalized spacial score (nSPS) is 9.95. The highest BCUT2D eigenvalue weighted by Gasteiger charge is 2.21. The van der Waals surface area contributed by atoms with Gasteiger partial charge in [-0.1, -0.05) is 18.2 Å². The summed E-state index contributed by atoms with van der Waals surface area (Å²) in [6.45, 7) is 0. The van der Waals surface area contributed by atoms with E-state index < -0.39 is 5.91 Å². The van der Waals surface area contributed by atoms with Crippen molar-refractivity contribution in [2.45, 2.75) is 0 Å². The number of carbonyl (C=O) groups excluding carboxylic acids is 1. The first-order valence-electron chi connectivity index (χ1n) is 5.54. The largest absolute Gasteiger partial charge is 0.281 e. The molecule has 0 atom stereocenters. The van der Waals surface area contributed by atoms with E-state index in [1.54, 1.807) is 0 Å². The Morgan fingerprint density at radius 3 is 2.68 bits per heavy atom. The Labute approximate surface area is 110 Å². The summed E-state index contributed by atoms with van der Waals surface area (Å²) in [6, 6.07) is 11.1. The third-order valence-electron chi connectivity index (χ3n) is 2.67. The fourth-order valence-electron chi connectivity index (χ4n) is 1.63. The zero-order valence-electron chi connectivity index (χ0n) is 10.6. The minimum absolute atomic E-state index is 0.181. The van der Waals surface area contributed by atoms with Gasteiger partial charge >= 0.3 is 0 Å². The van der Waals surface area contributed by atoms with Crippen molar-refractivity contribution in [3.8, 4) is 11.8 Å². The Morgan fingerprint density at radius 2 is 2.11 bits per heavy atom. The first kappa shape index (κ1) is 12.8. The Bertz CT molecular complexity index is 628. The molecule has 1 heterocycles. The molecule has 0 aliphatic heterocycles. The Morgan fingerprint density at radius 1 is 1.42 bits per heavy atom. The van der Waals surface area contributed by atoms with Crippen LogP contribution in [0.1, 0.15) is 16.1 Å². The van der Waals surface area contributed by atoms with Crippen molar-refractivity contribution in [2.75, 3.05) is 14.2 Å². The van der Waals surface area contributed by atoms with Crippen LogP contribution < -0.4 is 0 Å². The predicted molar refractivity (Wildman–Crippen MR) is 67.4 cm³/mol. The van der Waals surface area contributed by atoms with Crippen molar-refractivity contribution >= 4 is 5.91 Å². The maximum Gasteiger partial charge on any atom is 0.281 e. The number of amides is 1. The quantitative estimate of drug-likeness (QED) is 0.778. The highest BCUT2D eigenvalue weighted by molar-refractivity contribution is 5.95. The molecule has 0 aliphatic rings. The lowest BCUT2D eigenvalue weighted by Gasteiger charge is -2.12. The van der Waals surface area contributed by atoms with E-state index in [1.165, 1.54) is 25.0 Å². The molecule has 2 aromatic rings. The molecule has 6 heteroatoms. The molecule has 0 saturated carbocycles. The number of nitrogens with zero attached hydrogens (tertiary/aromatic N) is 4. The topological polar surface area (TPSA) is 71.2 Å². The first-order valence-corrected chi connectivity index (χ1v) is 5.54. The highest BCUT2D eigenvalue weighted by Crippen LogP contribution is 2.15. The van der Waals surface area contributed by atoms with Crippen molar-refractivity contribution < 1.29 is 9.63 Å². The van der Waals surface area contributed by atoms with Crippen molar-refractivity contribution in [3.63, 3.8) is 0 Å². The van der Waals surface area contributed by atoms with E-state index in [9.17, 15) is 10.1 Å². The molecule has 0 saturated heterocycles. The number of rotatable bonds is 3. The predicted octanol–water partition coefficient (Wildman–Crippen LogP) is 1.38. The highest BCUT2D eigenvalue weighted by atomic mass is 16.7. The van der Waals surface area contributed by atoms with Gasteiger partial charge in [0, 0.05) is 7.05 Å². The van der Waals surface area contributed by atoms with Crippen LogP contribution >= 0.6 is 0 Å². The van der Waals surface area contributed by atoms with Gasteiger partial charge in [-0.3, -0.25) is 9.63 Å². The molecule has 1 amide bonds. The number of para-hydroxylation sites is 1. The van der Waals surface area contributed by atoms with Crippen LogP contribution in [0.4, 0.5) is 0 Å². The van der Waals surface area contributed by atoms with Gasteiger partial charge in [0.2, 0.25) is 0 Å². The van der Waals surface area contributed by atoms with Gasteiger partial charge < -0.3 is 0 Å². The van der Waals surface area contributed by atoms with Gasteiger partial charge in [-0.15, -0.1) is 0 Å². The number of hydrogen-bond donors (Lipinski definition) is 0. The Kier molecular flexibility index (Phi) is 3.59. The van der Waals surface area contributed by atoms with Gasteiger partial charge in [-0.2, -0.15) is 10.4 Å². The second kappa shape index (κ2) is 5.33. The molecule has 0 radical (unpaired) electrons. The standard InChI is InChI=1S/C13H12N4O2/c1-16(19-2)13(18)11-9-15-17(12(11)8-14)10-6-4-3-5-7-10/h3-7,9H,1-2H3. The van der Waals surface area contributed by atoms with Crippen LogP contribution in [0.15, 0.2) is 36.5 Å². The van der Waals surface area contributed by atoms with E-state index in [4.69, 9.17) is 4.84 Å². The Hall–Kier alpha value is -2.65. The lowest BCUT2D eigenvalue weighted by atomic mass is 10.2. The van der Waals surface area contributed by atoms with Gasteiger partial charge in [0.15, 0.2) is 5.69 Å². The molecule has 0 N–H and O–H groups in total. The number of carbonyl (C=O) groups is 1. The SMILES string of the molecule is CON(C)C(=O)c1cnn(-c2ccccc2)c1C#N. The number of nitriles is 1. The molecule has 19 heavy (non-hydrogen) atoms. The lowest BCUT2D eigenvalue weighted by molar-refractivity contribution is -0.0757. The van der Waals surface area contributed by atoms with Crippen LogP contribution in [0, 0.1) is 11.3 Å². The minimum atomic E-state index is -0.416. The molecule has 1 aromatic heterocycles. The van der Waals surface area contributed by atoms with Crippen LogP contribution in [0.25, 0.3) is 5.69 Å². The second-order valence-electron chi connectivity index (χ2n) is 3.75. The molecule has 0 bridgehead atoms. The van der Waals surface area contributed by atoms with E-state index in [-0.39, 0.29) is 11.3 Å². The number of hydrogen-bond acceptors (Lipinski definition) is 4.